The zero-order chi connectivity index (χ0) is 18.1. The molecule has 4 rings (SSSR count). The van der Waals surface area contributed by atoms with Gasteiger partial charge in [-0.25, -0.2) is 9.97 Å². The van der Waals surface area contributed by atoms with E-state index >= 15 is 0 Å². The van der Waals surface area contributed by atoms with Crippen molar-refractivity contribution < 1.29 is 5.11 Å². The molecule has 128 valence electrons. The largest absolute Gasteiger partial charge is 0.510 e. The van der Waals surface area contributed by atoms with Gasteiger partial charge in [0.05, 0.1) is 28.0 Å². The van der Waals surface area contributed by atoms with Crippen LogP contribution in [0.15, 0.2) is 65.8 Å². The van der Waals surface area contributed by atoms with Crippen molar-refractivity contribution in [3.05, 3.63) is 66.4 Å². The van der Waals surface area contributed by atoms with E-state index in [1.165, 1.54) is 11.8 Å². The lowest BCUT2D eigenvalue weighted by Gasteiger charge is -2.11. The fraction of sp³-hybridized carbons (Fsp3) is 0.105. The predicted octanol–water partition coefficient (Wildman–Crippen LogP) is 4.18. The number of fused-ring (bicyclic) bond motifs is 2. The third-order valence-electron chi connectivity index (χ3n) is 4.07. The Hall–Kier alpha value is -3.24. The number of nitrogens with one attached hydrogen (secondary N) is 1. The molecule has 0 aliphatic rings. The summed E-state index contributed by atoms with van der Waals surface area (Å²) in [5.41, 5.74) is 2.69. The summed E-state index contributed by atoms with van der Waals surface area (Å²) in [5, 5.41) is 20.6. The van der Waals surface area contributed by atoms with E-state index in [4.69, 9.17) is 0 Å². The Bertz CT molecular complexity index is 1130. The van der Waals surface area contributed by atoms with Gasteiger partial charge in [0.1, 0.15) is 17.4 Å². The van der Waals surface area contributed by atoms with E-state index in [-0.39, 0.29) is 16.6 Å². The Morgan fingerprint density at radius 1 is 1.27 bits per heavy atom. The minimum atomic E-state index is -0.358. The van der Waals surface area contributed by atoms with Crippen molar-refractivity contribution in [1.82, 2.24) is 19.4 Å². The molecule has 1 aromatic carbocycles. The number of aromatic amines is 1. The van der Waals surface area contributed by atoms with Crippen molar-refractivity contribution in [3.8, 4) is 6.07 Å². The summed E-state index contributed by atoms with van der Waals surface area (Å²) in [6, 6.07) is 15.4. The quantitative estimate of drug-likeness (QED) is 0.323. The van der Waals surface area contributed by atoms with Crippen molar-refractivity contribution in [2.75, 3.05) is 0 Å². The molecule has 0 aliphatic carbocycles. The highest BCUT2D eigenvalue weighted by Gasteiger charge is 2.20. The van der Waals surface area contributed by atoms with Crippen LogP contribution in [0.25, 0.3) is 22.1 Å². The van der Waals surface area contributed by atoms with Crippen LogP contribution in [0.2, 0.25) is 0 Å². The number of allylic oxidation sites excluding steroid dienone is 1. The van der Waals surface area contributed by atoms with E-state index in [2.05, 4.69) is 21.0 Å². The van der Waals surface area contributed by atoms with Crippen LogP contribution in [0.3, 0.4) is 0 Å². The number of thioether (sulfide) groups is 1. The fourth-order valence-electron chi connectivity index (χ4n) is 2.73. The van der Waals surface area contributed by atoms with Gasteiger partial charge in [-0.3, -0.25) is 4.40 Å². The SMILES string of the molecule is CC(Sc1ncc2ccccn12)/C(O)=C(\C#N)c1nc2ccccc2[nH]1. The third kappa shape index (κ3) is 2.80. The Morgan fingerprint density at radius 3 is 2.88 bits per heavy atom. The zero-order valence-corrected chi connectivity index (χ0v) is 14.7. The molecule has 0 spiro atoms. The van der Waals surface area contributed by atoms with Crippen LogP contribution in [0.5, 0.6) is 0 Å². The molecule has 0 fully saturated rings. The van der Waals surface area contributed by atoms with E-state index in [1.54, 1.807) is 6.20 Å². The summed E-state index contributed by atoms with van der Waals surface area (Å²) >= 11 is 1.38. The molecule has 6 nitrogen and oxygen atoms in total. The Labute approximate surface area is 153 Å². The van der Waals surface area contributed by atoms with Crippen LogP contribution >= 0.6 is 11.8 Å². The molecule has 7 heteroatoms. The van der Waals surface area contributed by atoms with Crippen molar-refractivity contribution in [2.24, 2.45) is 0 Å². The molecule has 3 heterocycles. The van der Waals surface area contributed by atoms with Crippen LogP contribution in [0.1, 0.15) is 12.7 Å². The van der Waals surface area contributed by atoms with Crippen molar-refractivity contribution in [1.29, 1.82) is 5.26 Å². The van der Waals surface area contributed by atoms with E-state index < -0.39 is 0 Å². The Balaban J connectivity index is 1.68. The number of rotatable bonds is 4. The number of H-pyrrole nitrogens is 1. The van der Waals surface area contributed by atoms with Crippen LogP contribution in [-0.4, -0.2) is 29.7 Å². The topological polar surface area (TPSA) is 90.0 Å². The number of imidazole rings is 2. The summed E-state index contributed by atoms with van der Waals surface area (Å²) in [6.45, 7) is 1.84. The molecule has 26 heavy (non-hydrogen) atoms. The standard InChI is InChI=1S/C19H15N5OS/c1-12(26-19-21-11-13-6-4-5-9-24(13)19)17(25)14(10-20)18-22-15-7-2-3-8-16(15)23-18/h2-9,11-12,25H,1H3,(H,22,23)/b17-14-. The maximum Gasteiger partial charge on any atom is 0.173 e. The van der Waals surface area contributed by atoms with Gasteiger partial charge in [0, 0.05) is 6.20 Å². The van der Waals surface area contributed by atoms with Crippen molar-refractivity contribution >= 4 is 33.9 Å². The lowest BCUT2D eigenvalue weighted by molar-refractivity contribution is 0.401. The first-order valence-electron chi connectivity index (χ1n) is 8.04. The molecule has 4 aromatic rings. The second-order valence-corrected chi connectivity index (χ2v) is 7.08. The molecule has 0 saturated carbocycles. The van der Waals surface area contributed by atoms with Crippen molar-refractivity contribution in [3.63, 3.8) is 0 Å². The molecule has 3 aromatic heterocycles. The van der Waals surface area contributed by atoms with Crippen molar-refractivity contribution in [2.45, 2.75) is 17.3 Å². The normalized spacial score (nSPS) is 13.5. The Kier molecular flexibility index (Phi) is 4.11. The smallest absolute Gasteiger partial charge is 0.173 e. The summed E-state index contributed by atoms with van der Waals surface area (Å²) in [5.74, 6) is 0.343. The van der Waals surface area contributed by atoms with Gasteiger partial charge in [-0.15, -0.1) is 0 Å². The number of para-hydroxylation sites is 2. The van der Waals surface area contributed by atoms with Gasteiger partial charge in [0.15, 0.2) is 11.0 Å². The predicted molar refractivity (Wildman–Crippen MR) is 102 cm³/mol. The fourth-order valence-corrected chi connectivity index (χ4v) is 3.67. The lowest BCUT2D eigenvalue weighted by atomic mass is 10.2. The molecule has 0 bridgehead atoms. The number of nitriles is 1. The number of pyridine rings is 1. The first kappa shape index (κ1) is 16.2. The summed E-state index contributed by atoms with van der Waals surface area (Å²) in [4.78, 5) is 11.9. The number of hydrogen-bond donors (Lipinski definition) is 2. The van der Waals surface area contributed by atoms with E-state index in [0.29, 0.717) is 5.82 Å². The number of hydrogen-bond acceptors (Lipinski definition) is 5. The molecule has 0 aliphatic heterocycles. The number of aliphatic hydroxyl groups is 1. The molecular weight excluding hydrogens is 346 g/mol. The summed E-state index contributed by atoms with van der Waals surface area (Å²) < 4.78 is 1.95. The summed E-state index contributed by atoms with van der Waals surface area (Å²) in [6.07, 6.45) is 3.70. The highest BCUT2D eigenvalue weighted by atomic mass is 32.2. The van der Waals surface area contributed by atoms with Gasteiger partial charge in [-0.2, -0.15) is 5.26 Å². The highest BCUT2D eigenvalue weighted by Crippen LogP contribution is 2.30. The van der Waals surface area contributed by atoms with Gasteiger partial charge in [0.2, 0.25) is 0 Å². The van der Waals surface area contributed by atoms with Gasteiger partial charge in [0.25, 0.3) is 0 Å². The molecule has 0 radical (unpaired) electrons. The van der Waals surface area contributed by atoms with Gasteiger partial charge >= 0.3 is 0 Å². The molecular formula is C19H15N5OS. The third-order valence-corrected chi connectivity index (χ3v) is 5.16. The van der Waals surface area contributed by atoms with E-state index in [9.17, 15) is 10.4 Å². The van der Waals surface area contributed by atoms with Gasteiger partial charge < -0.3 is 10.1 Å². The first-order chi connectivity index (χ1) is 12.7. The number of benzene rings is 1. The maximum absolute atomic E-state index is 10.7. The monoisotopic (exact) mass is 361 g/mol. The molecule has 2 N–H and O–H groups in total. The maximum atomic E-state index is 10.7. The molecule has 1 unspecified atom stereocenters. The van der Waals surface area contributed by atoms with Crippen LogP contribution in [0.4, 0.5) is 0 Å². The molecule has 0 saturated heterocycles. The number of nitrogens with zero attached hydrogens (tertiary/aromatic N) is 4. The minimum Gasteiger partial charge on any atom is -0.510 e. The zero-order valence-electron chi connectivity index (χ0n) is 13.9. The first-order valence-corrected chi connectivity index (χ1v) is 8.92. The van der Waals surface area contributed by atoms with Gasteiger partial charge in [-0.1, -0.05) is 30.0 Å². The number of aromatic nitrogens is 4. The summed E-state index contributed by atoms with van der Waals surface area (Å²) in [7, 11) is 0. The van der Waals surface area contributed by atoms with Crippen LogP contribution < -0.4 is 0 Å². The molecule has 1 atom stereocenters. The number of aliphatic hydroxyl groups excluding tert-OH is 1. The second kappa shape index (κ2) is 6.58. The average Bonchev–Trinajstić information content (AvgIpc) is 3.26. The lowest BCUT2D eigenvalue weighted by Crippen LogP contribution is -2.06. The highest BCUT2D eigenvalue weighted by molar-refractivity contribution is 7.99. The van der Waals surface area contributed by atoms with E-state index in [1.807, 2.05) is 60.0 Å². The average molecular weight is 361 g/mol. The molecule has 0 amide bonds. The van der Waals surface area contributed by atoms with E-state index in [0.717, 1.165) is 21.7 Å². The van der Waals surface area contributed by atoms with Crippen LogP contribution in [-0.2, 0) is 0 Å². The Morgan fingerprint density at radius 2 is 2.08 bits per heavy atom. The van der Waals surface area contributed by atoms with Gasteiger partial charge in [-0.05, 0) is 31.2 Å². The minimum absolute atomic E-state index is 0.0239. The second-order valence-electron chi connectivity index (χ2n) is 5.77. The van der Waals surface area contributed by atoms with Crippen LogP contribution in [0, 0.1) is 11.3 Å².